The Balaban J connectivity index is 2.77. The fraction of sp³-hybridized carbons (Fsp3) is 0.667. The minimum Gasteiger partial charge on any atom is -0.481 e. The van der Waals surface area contributed by atoms with Crippen LogP contribution < -0.4 is 5.69 Å². The Kier molecular flexibility index (Phi) is 6.55. The molecular formula is C15H24N2O4. The predicted octanol–water partition coefficient (Wildman–Crippen LogP) is 1.69. The lowest BCUT2D eigenvalue weighted by Crippen LogP contribution is -2.28. The van der Waals surface area contributed by atoms with E-state index in [1.807, 2.05) is 13.8 Å². The zero-order chi connectivity index (χ0) is 16.0. The molecule has 6 heteroatoms. The van der Waals surface area contributed by atoms with Gasteiger partial charge in [-0.3, -0.25) is 9.36 Å². The molecule has 0 aliphatic carbocycles. The normalized spacial score (nSPS) is 11.1. The standard InChI is InChI=1S/C15H24N2O4/c1-10(2)21-8-6-5-7-17-12(4)13(9-14(18)19)11(3)16-15(17)20/h10H,5-9H2,1-4H3,(H,18,19). The molecule has 0 atom stereocenters. The SMILES string of the molecule is Cc1nc(=O)n(CCCCOC(C)C)c(C)c1CC(=O)O. The van der Waals surface area contributed by atoms with Crippen molar-refractivity contribution >= 4 is 5.97 Å². The Hall–Kier alpha value is -1.69. The van der Waals surface area contributed by atoms with Crippen molar-refractivity contribution in [2.75, 3.05) is 6.61 Å². The van der Waals surface area contributed by atoms with Crippen LogP contribution >= 0.6 is 0 Å². The quantitative estimate of drug-likeness (QED) is 0.738. The van der Waals surface area contributed by atoms with Crippen LogP contribution in [0.1, 0.15) is 43.6 Å². The molecule has 0 aliphatic rings. The Labute approximate surface area is 124 Å². The van der Waals surface area contributed by atoms with Crippen molar-refractivity contribution in [3.63, 3.8) is 0 Å². The molecule has 118 valence electrons. The van der Waals surface area contributed by atoms with Crippen LogP contribution in [-0.4, -0.2) is 33.3 Å². The van der Waals surface area contributed by atoms with Crippen LogP contribution in [0, 0.1) is 13.8 Å². The van der Waals surface area contributed by atoms with Gasteiger partial charge in [-0.15, -0.1) is 0 Å². The topological polar surface area (TPSA) is 81.4 Å². The molecule has 6 nitrogen and oxygen atoms in total. The third kappa shape index (κ3) is 5.30. The van der Waals surface area contributed by atoms with E-state index in [-0.39, 0.29) is 18.2 Å². The zero-order valence-electron chi connectivity index (χ0n) is 13.2. The number of carboxylic acids is 1. The lowest BCUT2D eigenvalue weighted by molar-refractivity contribution is -0.136. The summed E-state index contributed by atoms with van der Waals surface area (Å²) in [5, 5.41) is 8.94. The van der Waals surface area contributed by atoms with Crippen molar-refractivity contribution in [1.82, 2.24) is 9.55 Å². The molecule has 21 heavy (non-hydrogen) atoms. The van der Waals surface area contributed by atoms with Gasteiger partial charge in [0.05, 0.1) is 12.5 Å². The molecule has 1 rings (SSSR count). The summed E-state index contributed by atoms with van der Waals surface area (Å²) < 4.78 is 7.01. The first-order chi connectivity index (χ1) is 9.82. The summed E-state index contributed by atoms with van der Waals surface area (Å²) >= 11 is 0. The number of carboxylic acid groups (broad SMARTS) is 1. The molecule has 0 saturated heterocycles. The smallest absolute Gasteiger partial charge is 0.347 e. The van der Waals surface area contributed by atoms with Gasteiger partial charge in [-0.25, -0.2) is 4.79 Å². The molecule has 1 aromatic rings. The molecule has 0 unspecified atom stereocenters. The van der Waals surface area contributed by atoms with E-state index in [0.717, 1.165) is 12.8 Å². The molecule has 0 radical (unpaired) electrons. The number of unbranched alkanes of at least 4 members (excludes halogenated alkanes) is 1. The first kappa shape index (κ1) is 17.4. The Bertz CT molecular complexity index is 549. The Morgan fingerprint density at radius 2 is 2.00 bits per heavy atom. The molecule has 0 aromatic carbocycles. The van der Waals surface area contributed by atoms with E-state index in [2.05, 4.69) is 4.98 Å². The highest BCUT2D eigenvalue weighted by Crippen LogP contribution is 2.11. The maximum absolute atomic E-state index is 11.9. The van der Waals surface area contributed by atoms with Gasteiger partial charge in [0.2, 0.25) is 0 Å². The van der Waals surface area contributed by atoms with Gasteiger partial charge in [0, 0.05) is 30.1 Å². The number of aromatic nitrogens is 2. The molecular weight excluding hydrogens is 272 g/mol. The summed E-state index contributed by atoms with van der Waals surface area (Å²) in [7, 11) is 0. The molecule has 0 spiro atoms. The average molecular weight is 296 g/mol. The second kappa shape index (κ2) is 7.93. The summed E-state index contributed by atoms with van der Waals surface area (Å²) in [5.74, 6) is -0.918. The second-order valence-corrected chi connectivity index (χ2v) is 5.39. The number of carbonyl (C=O) groups is 1. The van der Waals surface area contributed by atoms with Gasteiger partial charge < -0.3 is 9.84 Å². The summed E-state index contributed by atoms with van der Waals surface area (Å²) in [5.41, 5.74) is 1.50. The van der Waals surface area contributed by atoms with Gasteiger partial charge in [-0.2, -0.15) is 4.98 Å². The van der Waals surface area contributed by atoms with Crippen molar-refractivity contribution in [3.8, 4) is 0 Å². The molecule has 0 aliphatic heterocycles. The fourth-order valence-electron chi connectivity index (χ4n) is 2.20. The van der Waals surface area contributed by atoms with Gasteiger partial charge in [-0.05, 0) is 40.5 Å². The maximum atomic E-state index is 11.9. The third-order valence-corrected chi connectivity index (χ3v) is 3.33. The highest BCUT2D eigenvalue weighted by atomic mass is 16.5. The number of aliphatic carboxylic acids is 1. The van der Waals surface area contributed by atoms with E-state index in [1.165, 1.54) is 0 Å². The van der Waals surface area contributed by atoms with Crippen LogP contribution in [0.25, 0.3) is 0 Å². The highest BCUT2D eigenvalue weighted by molar-refractivity contribution is 5.70. The van der Waals surface area contributed by atoms with Crippen LogP contribution in [0.5, 0.6) is 0 Å². The Morgan fingerprint density at radius 3 is 2.57 bits per heavy atom. The molecule has 1 heterocycles. The summed E-state index contributed by atoms with van der Waals surface area (Å²) in [4.78, 5) is 26.8. The van der Waals surface area contributed by atoms with E-state index in [9.17, 15) is 9.59 Å². The minimum absolute atomic E-state index is 0.110. The fourth-order valence-corrected chi connectivity index (χ4v) is 2.20. The highest BCUT2D eigenvalue weighted by Gasteiger charge is 2.13. The molecule has 0 saturated carbocycles. The van der Waals surface area contributed by atoms with E-state index < -0.39 is 5.97 Å². The third-order valence-electron chi connectivity index (χ3n) is 3.33. The van der Waals surface area contributed by atoms with Gasteiger partial charge in [0.15, 0.2) is 0 Å². The molecule has 0 bridgehead atoms. The van der Waals surface area contributed by atoms with Crippen molar-refractivity contribution < 1.29 is 14.6 Å². The Morgan fingerprint density at radius 1 is 1.33 bits per heavy atom. The lowest BCUT2D eigenvalue weighted by atomic mass is 10.1. The number of ether oxygens (including phenoxy) is 1. The van der Waals surface area contributed by atoms with E-state index in [0.29, 0.717) is 30.1 Å². The summed E-state index contributed by atoms with van der Waals surface area (Å²) in [6, 6.07) is 0. The number of hydrogen-bond acceptors (Lipinski definition) is 4. The molecule has 1 N–H and O–H groups in total. The van der Waals surface area contributed by atoms with Crippen LogP contribution in [0.15, 0.2) is 4.79 Å². The zero-order valence-corrected chi connectivity index (χ0v) is 13.2. The summed E-state index contributed by atoms with van der Waals surface area (Å²) in [6.07, 6.45) is 1.75. The predicted molar refractivity (Wildman–Crippen MR) is 79.6 cm³/mol. The van der Waals surface area contributed by atoms with Gasteiger partial charge >= 0.3 is 11.7 Å². The largest absolute Gasteiger partial charge is 0.481 e. The number of nitrogens with zero attached hydrogens (tertiary/aromatic N) is 2. The number of aryl methyl sites for hydroxylation is 1. The van der Waals surface area contributed by atoms with Crippen LogP contribution in [-0.2, 0) is 22.5 Å². The van der Waals surface area contributed by atoms with Crippen LogP contribution in [0.2, 0.25) is 0 Å². The van der Waals surface area contributed by atoms with Crippen molar-refractivity contribution in [2.24, 2.45) is 0 Å². The second-order valence-electron chi connectivity index (χ2n) is 5.39. The van der Waals surface area contributed by atoms with E-state index >= 15 is 0 Å². The van der Waals surface area contributed by atoms with Crippen LogP contribution in [0.4, 0.5) is 0 Å². The van der Waals surface area contributed by atoms with Crippen LogP contribution in [0.3, 0.4) is 0 Å². The minimum atomic E-state index is -0.918. The molecule has 1 aromatic heterocycles. The first-order valence-corrected chi connectivity index (χ1v) is 7.23. The van der Waals surface area contributed by atoms with Gasteiger partial charge in [-0.1, -0.05) is 0 Å². The maximum Gasteiger partial charge on any atom is 0.347 e. The first-order valence-electron chi connectivity index (χ1n) is 7.23. The molecule has 0 fully saturated rings. The molecule has 0 amide bonds. The van der Waals surface area contributed by atoms with Crippen molar-refractivity contribution in [2.45, 2.75) is 59.6 Å². The van der Waals surface area contributed by atoms with E-state index in [1.54, 1.807) is 18.4 Å². The van der Waals surface area contributed by atoms with E-state index in [4.69, 9.17) is 9.84 Å². The number of rotatable bonds is 8. The number of hydrogen-bond donors (Lipinski definition) is 1. The average Bonchev–Trinajstić information content (AvgIpc) is 2.37. The summed E-state index contributed by atoms with van der Waals surface area (Å²) in [6.45, 7) is 8.61. The van der Waals surface area contributed by atoms with Crippen molar-refractivity contribution in [3.05, 3.63) is 27.4 Å². The van der Waals surface area contributed by atoms with Gasteiger partial charge in [0.25, 0.3) is 0 Å². The van der Waals surface area contributed by atoms with Crippen molar-refractivity contribution in [1.29, 1.82) is 0 Å². The monoisotopic (exact) mass is 296 g/mol. The van der Waals surface area contributed by atoms with Gasteiger partial charge in [0.1, 0.15) is 0 Å². The lowest BCUT2D eigenvalue weighted by Gasteiger charge is -2.14.